The Morgan fingerprint density at radius 2 is 1.37 bits per heavy atom. The third kappa shape index (κ3) is 16.6. The van der Waals surface area contributed by atoms with Crippen LogP contribution < -0.4 is 0 Å². The van der Waals surface area contributed by atoms with E-state index in [9.17, 15) is 0 Å². The molecule has 1 unspecified atom stereocenters. The van der Waals surface area contributed by atoms with Crippen molar-refractivity contribution in [2.45, 2.75) is 83.5 Å². The van der Waals surface area contributed by atoms with E-state index in [0.29, 0.717) is 0 Å². The summed E-state index contributed by atoms with van der Waals surface area (Å²) in [5.74, 6) is 1.04. The van der Waals surface area contributed by atoms with Gasteiger partial charge in [-0.05, 0) is 19.1 Å². The molecular weight excluding hydrogens is 279 g/mol. The van der Waals surface area contributed by atoms with Gasteiger partial charge < -0.3 is 9.79 Å². The van der Waals surface area contributed by atoms with Crippen molar-refractivity contribution in [3.8, 4) is 0 Å². The molecule has 0 aliphatic rings. The minimum atomic E-state index is -2.20. The van der Waals surface area contributed by atoms with Gasteiger partial charge in [0.1, 0.15) is 5.44 Å². The van der Waals surface area contributed by atoms with Gasteiger partial charge in [-0.25, -0.2) is 0 Å². The van der Waals surface area contributed by atoms with Crippen molar-refractivity contribution >= 4 is 20.4 Å². The van der Waals surface area contributed by atoms with Crippen LogP contribution in [-0.4, -0.2) is 21.0 Å². The number of unbranched alkanes of at least 4 members (excludes halogenated alkanes) is 9. The number of hydrogen-bond acceptors (Lipinski definition) is 4. The second kappa shape index (κ2) is 15.1. The highest BCUT2D eigenvalue weighted by Gasteiger charge is 2.07. The van der Waals surface area contributed by atoms with E-state index in [1.54, 1.807) is 11.8 Å². The quantitative estimate of drug-likeness (QED) is 0.262. The molecule has 0 aromatic rings. The molecule has 0 rings (SSSR count). The van der Waals surface area contributed by atoms with Crippen LogP contribution in [0.25, 0.3) is 0 Å². The van der Waals surface area contributed by atoms with Crippen LogP contribution in [0.3, 0.4) is 0 Å². The molecule has 2 N–H and O–H groups in total. The third-order valence-electron chi connectivity index (χ3n) is 3.09. The van der Waals surface area contributed by atoms with E-state index in [2.05, 4.69) is 6.92 Å². The Bertz CT molecular complexity index is 182. The molecule has 0 radical (unpaired) electrons. The average Bonchev–Trinajstić information content (AvgIpc) is 2.35. The highest BCUT2D eigenvalue weighted by atomic mass is 32.2. The van der Waals surface area contributed by atoms with Crippen molar-refractivity contribution in [3.63, 3.8) is 0 Å². The fraction of sp³-hybridized carbons (Fsp3) is 1.00. The Morgan fingerprint density at radius 1 is 0.895 bits per heavy atom. The predicted molar refractivity (Wildman–Crippen MR) is 86.2 cm³/mol. The Labute approximate surface area is 124 Å². The molecular formula is C14H31O3PS. The lowest BCUT2D eigenvalue weighted by atomic mass is 10.1. The second-order valence-corrected chi connectivity index (χ2v) is 7.10. The number of thioether (sulfide) groups is 1. The van der Waals surface area contributed by atoms with Gasteiger partial charge in [-0.2, -0.15) is 0 Å². The van der Waals surface area contributed by atoms with Crippen LogP contribution in [0.1, 0.15) is 78.1 Å². The molecule has 0 aromatic heterocycles. The van der Waals surface area contributed by atoms with Crippen molar-refractivity contribution < 1.29 is 14.3 Å². The van der Waals surface area contributed by atoms with E-state index >= 15 is 0 Å². The van der Waals surface area contributed by atoms with Crippen molar-refractivity contribution in [3.05, 3.63) is 0 Å². The normalized spacial score (nSPS) is 13.1. The van der Waals surface area contributed by atoms with Crippen LogP contribution in [0.2, 0.25) is 0 Å². The van der Waals surface area contributed by atoms with E-state index in [4.69, 9.17) is 14.3 Å². The van der Waals surface area contributed by atoms with Crippen LogP contribution in [-0.2, 0) is 4.52 Å². The highest BCUT2D eigenvalue weighted by molar-refractivity contribution is 7.99. The topological polar surface area (TPSA) is 49.7 Å². The molecule has 3 nitrogen and oxygen atoms in total. The molecule has 116 valence electrons. The number of hydrogen-bond donors (Lipinski definition) is 2. The lowest BCUT2D eigenvalue weighted by Crippen LogP contribution is -2.00. The van der Waals surface area contributed by atoms with Gasteiger partial charge in [0.25, 0.3) is 0 Å². The summed E-state index contributed by atoms with van der Waals surface area (Å²) in [5, 5.41) is 0. The molecule has 0 heterocycles. The first-order chi connectivity index (χ1) is 9.16. The van der Waals surface area contributed by atoms with Crippen LogP contribution >= 0.6 is 20.4 Å². The van der Waals surface area contributed by atoms with Gasteiger partial charge in [0.2, 0.25) is 0 Å². The first-order valence-electron chi connectivity index (χ1n) is 7.63. The van der Waals surface area contributed by atoms with Crippen molar-refractivity contribution in [2.24, 2.45) is 0 Å². The van der Waals surface area contributed by atoms with Crippen LogP contribution in [0, 0.1) is 0 Å². The van der Waals surface area contributed by atoms with E-state index in [1.807, 2.05) is 6.92 Å². The fourth-order valence-electron chi connectivity index (χ4n) is 2.00. The van der Waals surface area contributed by atoms with Crippen molar-refractivity contribution in [1.82, 2.24) is 0 Å². The summed E-state index contributed by atoms with van der Waals surface area (Å²) in [7, 11) is -2.20. The monoisotopic (exact) mass is 310 g/mol. The van der Waals surface area contributed by atoms with Crippen LogP contribution in [0.5, 0.6) is 0 Å². The zero-order valence-corrected chi connectivity index (χ0v) is 14.2. The summed E-state index contributed by atoms with van der Waals surface area (Å²) in [6, 6.07) is 0. The SMILES string of the molecule is CCCCCCCCCCCCSC(C)OP(O)O. The van der Waals surface area contributed by atoms with Gasteiger partial charge in [-0.15, -0.1) is 11.8 Å². The van der Waals surface area contributed by atoms with E-state index < -0.39 is 8.60 Å². The van der Waals surface area contributed by atoms with Gasteiger partial charge >= 0.3 is 8.60 Å². The number of rotatable bonds is 14. The summed E-state index contributed by atoms with van der Waals surface area (Å²) >= 11 is 1.66. The highest BCUT2D eigenvalue weighted by Crippen LogP contribution is 2.31. The summed E-state index contributed by atoms with van der Waals surface area (Å²) in [5.41, 5.74) is -0.111. The third-order valence-corrected chi connectivity index (χ3v) is 4.83. The molecule has 0 fully saturated rings. The second-order valence-electron chi connectivity index (χ2n) is 4.98. The largest absolute Gasteiger partial charge is 0.328 e. The van der Waals surface area contributed by atoms with Gasteiger partial charge in [-0.3, -0.25) is 4.52 Å². The molecule has 19 heavy (non-hydrogen) atoms. The Balaban J connectivity index is 3.06. The maximum Gasteiger partial charge on any atom is 0.328 e. The first kappa shape index (κ1) is 19.7. The zero-order chi connectivity index (χ0) is 14.3. The molecule has 1 atom stereocenters. The summed E-state index contributed by atoms with van der Waals surface area (Å²) in [6.45, 7) is 4.12. The van der Waals surface area contributed by atoms with Gasteiger partial charge in [-0.1, -0.05) is 64.7 Å². The Kier molecular flexibility index (Phi) is 15.6. The average molecular weight is 310 g/mol. The van der Waals surface area contributed by atoms with E-state index in [-0.39, 0.29) is 5.44 Å². The molecule has 0 saturated carbocycles. The predicted octanol–water partition coefficient (Wildman–Crippen LogP) is 5.21. The van der Waals surface area contributed by atoms with E-state index in [0.717, 1.165) is 5.75 Å². The van der Waals surface area contributed by atoms with Crippen molar-refractivity contribution in [2.75, 3.05) is 5.75 Å². The van der Waals surface area contributed by atoms with E-state index in [1.165, 1.54) is 64.2 Å². The molecule has 5 heteroatoms. The first-order valence-corrected chi connectivity index (χ1v) is 9.84. The standard InChI is InChI=1S/C14H31O3PS/c1-3-4-5-6-7-8-9-10-11-12-13-19-14(2)17-18(15)16/h14-16H,3-13H2,1-2H3. The fourth-order valence-corrected chi connectivity index (χ4v) is 3.44. The molecule has 0 aliphatic carbocycles. The molecule has 0 spiro atoms. The summed E-state index contributed by atoms with van der Waals surface area (Å²) in [6.07, 6.45) is 13.5. The lowest BCUT2D eigenvalue weighted by molar-refractivity contribution is 0.248. The maximum atomic E-state index is 8.68. The smallest absolute Gasteiger partial charge is 0.328 e. The Morgan fingerprint density at radius 3 is 1.84 bits per heavy atom. The molecule has 0 bridgehead atoms. The van der Waals surface area contributed by atoms with Gasteiger partial charge in [0.15, 0.2) is 0 Å². The lowest BCUT2D eigenvalue weighted by Gasteiger charge is -2.12. The van der Waals surface area contributed by atoms with Crippen LogP contribution in [0.15, 0.2) is 0 Å². The maximum absolute atomic E-state index is 8.68. The summed E-state index contributed by atoms with van der Waals surface area (Å²) < 4.78 is 4.88. The minimum absolute atomic E-state index is 0.111. The minimum Gasteiger partial charge on any atom is -0.328 e. The zero-order valence-electron chi connectivity index (χ0n) is 12.5. The van der Waals surface area contributed by atoms with Crippen LogP contribution in [0.4, 0.5) is 0 Å². The molecule has 0 saturated heterocycles. The molecule has 0 aliphatic heterocycles. The summed E-state index contributed by atoms with van der Waals surface area (Å²) in [4.78, 5) is 17.4. The van der Waals surface area contributed by atoms with Gasteiger partial charge in [0, 0.05) is 0 Å². The molecule has 0 aromatic carbocycles. The Hall–Kier alpha value is 0.660. The molecule has 0 amide bonds. The van der Waals surface area contributed by atoms with Crippen molar-refractivity contribution in [1.29, 1.82) is 0 Å². The van der Waals surface area contributed by atoms with Gasteiger partial charge in [0.05, 0.1) is 0 Å².